The van der Waals surface area contributed by atoms with Gasteiger partial charge >= 0.3 is 0 Å². The first-order valence-corrected chi connectivity index (χ1v) is 5.72. The lowest BCUT2D eigenvalue weighted by Crippen LogP contribution is -2.29. The molecule has 2 heterocycles. The summed E-state index contributed by atoms with van der Waals surface area (Å²) in [6.07, 6.45) is -3.10. The molecule has 0 spiro atoms. The number of hydrogen-bond donors (Lipinski definition) is 3. The first-order valence-electron chi connectivity index (χ1n) is 5.72. The van der Waals surface area contributed by atoms with Gasteiger partial charge in [0.05, 0.1) is 11.8 Å². The minimum atomic E-state index is -1.02. The molecule has 96 valence electrons. The minimum absolute atomic E-state index is 0.266. The maximum absolute atomic E-state index is 11.3. The van der Waals surface area contributed by atoms with E-state index < -0.39 is 24.4 Å². The fraction of sp³-hybridized carbons (Fsp3) is 0.462. The van der Waals surface area contributed by atoms with Crippen molar-refractivity contribution < 1.29 is 14.9 Å². The van der Waals surface area contributed by atoms with Crippen molar-refractivity contribution in [2.24, 2.45) is 0 Å². The van der Waals surface area contributed by atoms with Crippen molar-refractivity contribution in [1.82, 2.24) is 4.98 Å². The van der Waals surface area contributed by atoms with Crippen molar-refractivity contribution in [3.05, 3.63) is 33.7 Å². The van der Waals surface area contributed by atoms with Crippen LogP contribution in [0.4, 0.5) is 0 Å². The van der Waals surface area contributed by atoms with Crippen LogP contribution in [0.5, 0.6) is 0 Å². The summed E-state index contributed by atoms with van der Waals surface area (Å²) in [6, 6.07) is 2.92. The van der Waals surface area contributed by atoms with Crippen LogP contribution in [0.15, 0.2) is 16.9 Å². The van der Waals surface area contributed by atoms with Gasteiger partial charge in [-0.25, -0.2) is 0 Å². The molecule has 0 aliphatic carbocycles. The van der Waals surface area contributed by atoms with Gasteiger partial charge in [0.1, 0.15) is 18.3 Å². The number of aliphatic hydroxyl groups excluding tert-OH is 2. The summed E-state index contributed by atoms with van der Waals surface area (Å²) in [5.41, 5.74) is 0.729. The monoisotopic (exact) mass is 249 g/mol. The van der Waals surface area contributed by atoms with E-state index in [-0.39, 0.29) is 5.56 Å². The van der Waals surface area contributed by atoms with E-state index in [1.165, 1.54) is 6.07 Å². The zero-order valence-corrected chi connectivity index (χ0v) is 10.2. The van der Waals surface area contributed by atoms with E-state index in [4.69, 9.17) is 4.74 Å². The lowest BCUT2D eigenvalue weighted by Gasteiger charge is -2.16. The lowest BCUT2D eigenvalue weighted by molar-refractivity contribution is 0.0148. The van der Waals surface area contributed by atoms with Crippen molar-refractivity contribution in [2.75, 3.05) is 0 Å². The number of nitrogens with one attached hydrogen (secondary N) is 1. The van der Waals surface area contributed by atoms with Gasteiger partial charge in [0.25, 0.3) is 0 Å². The van der Waals surface area contributed by atoms with Crippen molar-refractivity contribution in [1.29, 1.82) is 0 Å². The zero-order chi connectivity index (χ0) is 13.3. The molecule has 1 unspecified atom stereocenters. The van der Waals surface area contributed by atoms with Crippen LogP contribution in [0.25, 0.3) is 0 Å². The third-order valence-corrected chi connectivity index (χ3v) is 3.01. The Morgan fingerprint density at radius 2 is 2.06 bits per heavy atom. The van der Waals surface area contributed by atoms with Gasteiger partial charge in [-0.1, -0.05) is 5.92 Å². The number of aromatic nitrogens is 1. The lowest BCUT2D eigenvalue weighted by atomic mass is 10.0. The molecule has 2 rings (SSSR count). The average Bonchev–Trinajstić information content (AvgIpc) is 2.58. The molecule has 1 fully saturated rings. The van der Waals surface area contributed by atoms with Crippen LogP contribution in [0.2, 0.25) is 0 Å². The van der Waals surface area contributed by atoms with Gasteiger partial charge in [0.15, 0.2) is 0 Å². The third-order valence-electron chi connectivity index (χ3n) is 3.01. The topological polar surface area (TPSA) is 82.6 Å². The summed E-state index contributed by atoms with van der Waals surface area (Å²) in [5, 5.41) is 19.6. The molecule has 1 aromatic heterocycles. The second kappa shape index (κ2) is 4.94. The van der Waals surface area contributed by atoms with Crippen molar-refractivity contribution in [3.63, 3.8) is 0 Å². The number of aliphatic hydroxyl groups is 2. The van der Waals surface area contributed by atoms with E-state index in [1.54, 1.807) is 19.9 Å². The zero-order valence-electron chi connectivity index (χ0n) is 10.2. The molecule has 0 radical (unpaired) electrons. The van der Waals surface area contributed by atoms with E-state index in [0.717, 1.165) is 0 Å². The van der Waals surface area contributed by atoms with Crippen LogP contribution < -0.4 is 5.56 Å². The quantitative estimate of drug-likeness (QED) is 0.608. The molecule has 1 saturated heterocycles. The summed E-state index contributed by atoms with van der Waals surface area (Å²) in [6.45, 7) is 3.34. The summed E-state index contributed by atoms with van der Waals surface area (Å²) in [5.74, 6) is 5.46. The molecule has 18 heavy (non-hydrogen) atoms. The predicted molar refractivity (Wildman–Crippen MR) is 64.9 cm³/mol. The third kappa shape index (κ3) is 2.18. The number of H-pyrrole nitrogens is 1. The number of aromatic amines is 1. The molecule has 4 atom stereocenters. The molecule has 0 bridgehead atoms. The maximum Gasteiger partial charge on any atom is 0.248 e. The van der Waals surface area contributed by atoms with Crippen LogP contribution in [-0.2, 0) is 4.74 Å². The largest absolute Gasteiger partial charge is 0.388 e. The van der Waals surface area contributed by atoms with Gasteiger partial charge in [0, 0.05) is 11.6 Å². The van der Waals surface area contributed by atoms with Gasteiger partial charge in [-0.05, 0) is 25.8 Å². The highest BCUT2D eigenvalue weighted by atomic mass is 16.5. The molecule has 1 aliphatic rings. The van der Waals surface area contributed by atoms with Gasteiger partial charge in [0.2, 0.25) is 5.56 Å². The standard InChI is InChI=1S/C13H15NO4/c1-3-4-9-8(5-6-10(15)14-9)13-12(17)11(16)7(2)18-13/h5-7,11-13,16-17H,1-2H3,(H,14,15)/t7-,11?,12+,13+/m1/s1. The van der Waals surface area contributed by atoms with Crippen molar-refractivity contribution in [2.45, 2.75) is 38.3 Å². The molecule has 0 amide bonds. The highest BCUT2D eigenvalue weighted by molar-refractivity contribution is 5.37. The molecule has 5 nitrogen and oxygen atoms in total. The Kier molecular flexibility index (Phi) is 3.53. The Hall–Kier alpha value is -1.61. The van der Waals surface area contributed by atoms with Crippen LogP contribution in [0, 0.1) is 11.8 Å². The molecule has 1 aliphatic heterocycles. The molecular formula is C13H15NO4. The minimum Gasteiger partial charge on any atom is -0.388 e. The Labute approximate surface area is 104 Å². The Balaban J connectivity index is 2.44. The van der Waals surface area contributed by atoms with E-state index in [2.05, 4.69) is 16.8 Å². The van der Waals surface area contributed by atoms with Gasteiger partial charge in [-0.15, -0.1) is 0 Å². The van der Waals surface area contributed by atoms with Crippen LogP contribution in [0.1, 0.15) is 31.2 Å². The smallest absolute Gasteiger partial charge is 0.248 e. The summed E-state index contributed by atoms with van der Waals surface area (Å²) in [4.78, 5) is 13.9. The van der Waals surface area contributed by atoms with E-state index in [1.807, 2.05) is 0 Å². The van der Waals surface area contributed by atoms with E-state index in [9.17, 15) is 15.0 Å². The van der Waals surface area contributed by atoms with E-state index >= 15 is 0 Å². The Morgan fingerprint density at radius 1 is 1.33 bits per heavy atom. The molecule has 3 N–H and O–H groups in total. The van der Waals surface area contributed by atoms with Gasteiger partial charge < -0.3 is 19.9 Å². The van der Waals surface area contributed by atoms with Gasteiger partial charge in [-0.3, -0.25) is 4.79 Å². The molecule has 1 aromatic rings. The second-order valence-electron chi connectivity index (χ2n) is 4.27. The first-order chi connectivity index (χ1) is 8.54. The highest BCUT2D eigenvalue weighted by Crippen LogP contribution is 2.33. The molecule has 5 heteroatoms. The maximum atomic E-state index is 11.3. The normalized spacial score (nSPS) is 30.9. The van der Waals surface area contributed by atoms with Crippen molar-refractivity contribution >= 4 is 0 Å². The molecular weight excluding hydrogens is 234 g/mol. The second-order valence-corrected chi connectivity index (χ2v) is 4.27. The number of ether oxygens (including phenoxy) is 1. The SMILES string of the molecule is CC#Cc1[nH]c(=O)ccc1[C@@H]1O[C@H](C)C(O)[C@@H]1O. The number of pyridine rings is 1. The number of rotatable bonds is 1. The van der Waals surface area contributed by atoms with Crippen LogP contribution in [-0.4, -0.2) is 33.5 Å². The fourth-order valence-corrected chi connectivity index (χ4v) is 2.06. The highest BCUT2D eigenvalue weighted by Gasteiger charge is 2.41. The fourth-order valence-electron chi connectivity index (χ4n) is 2.06. The van der Waals surface area contributed by atoms with Crippen LogP contribution >= 0.6 is 0 Å². The molecule has 0 saturated carbocycles. The van der Waals surface area contributed by atoms with Crippen LogP contribution in [0.3, 0.4) is 0 Å². The van der Waals surface area contributed by atoms with Crippen molar-refractivity contribution in [3.8, 4) is 11.8 Å². The Bertz CT molecular complexity index is 554. The predicted octanol–water partition coefficient (Wildman–Crippen LogP) is -0.0721. The summed E-state index contributed by atoms with van der Waals surface area (Å²) >= 11 is 0. The average molecular weight is 249 g/mol. The molecule has 0 aromatic carbocycles. The van der Waals surface area contributed by atoms with E-state index in [0.29, 0.717) is 11.3 Å². The number of hydrogen-bond acceptors (Lipinski definition) is 4. The first kappa shape index (κ1) is 12.8. The summed E-state index contributed by atoms with van der Waals surface area (Å²) < 4.78 is 5.51. The Morgan fingerprint density at radius 3 is 2.61 bits per heavy atom. The van der Waals surface area contributed by atoms with Gasteiger partial charge in [-0.2, -0.15) is 0 Å². The summed E-state index contributed by atoms with van der Waals surface area (Å²) in [7, 11) is 0.